The number of carbonyl (C=O) groups is 1. The molecule has 12 heteroatoms. The molecule has 3 aromatic rings. The SMILES string of the molecule is CCN(CC)Nc1nn(-c2cccc(N)c2)c(=O)n(CC(=O)NCc2ccc(C(=N)N)cc2)c1=O. The average Bonchev–Trinajstić information content (AvgIpc) is 2.85. The number of hydrogen-bond acceptors (Lipinski definition) is 8. The number of benzene rings is 2. The van der Waals surface area contributed by atoms with Gasteiger partial charge in [0, 0.05) is 30.9 Å². The van der Waals surface area contributed by atoms with Crippen LogP contribution < -0.4 is 33.5 Å². The van der Waals surface area contributed by atoms with E-state index < -0.39 is 23.7 Å². The number of amidine groups is 1. The number of hydrazine groups is 1. The number of carbonyl (C=O) groups excluding carboxylic acids is 1. The Morgan fingerprint density at radius 1 is 1.11 bits per heavy atom. The van der Waals surface area contributed by atoms with E-state index in [1.807, 2.05) is 13.8 Å². The lowest BCUT2D eigenvalue weighted by molar-refractivity contribution is -0.121. The minimum absolute atomic E-state index is 0.0526. The quantitative estimate of drug-likeness (QED) is 0.119. The van der Waals surface area contributed by atoms with Crippen molar-refractivity contribution in [1.29, 1.82) is 5.41 Å². The summed E-state index contributed by atoms with van der Waals surface area (Å²) < 4.78 is 1.87. The molecular formula is C23H29N9O3. The van der Waals surface area contributed by atoms with Gasteiger partial charge in [-0.25, -0.2) is 14.4 Å². The molecule has 2 aromatic carbocycles. The number of rotatable bonds is 10. The zero-order valence-corrected chi connectivity index (χ0v) is 19.6. The monoisotopic (exact) mass is 479 g/mol. The number of amides is 1. The van der Waals surface area contributed by atoms with E-state index in [1.165, 1.54) is 0 Å². The molecule has 0 aliphatic rings. The van der Waals surface area contributed by atoms with Gasteiger partial charge in [-0.2, -0.15) is 4.68 Å². The van der Waals surface area contributed by atoms with Crippen molar-refractivity contribution in [2.24, 2.45) is 5.73 Å². The Labute approximate surface area is 201 Å². The molecule has 7 N–H and O–H groups in total. The largest absolute Gasteiger partial charge is 0.399 e. The second-order valence-corrected chi connectivity index (χ2v) is 7.70. The Morgan fingerprint density at radius 2 is 1.80 bits per heavy atom. The summed E-state index contributed by atoms with van der Waals surface area (Å²) in [5.41, 5.74) is 14.9. The zero-order chi connectivity index (χ0) is 25.5. The van der Waals surface area contributed by atoms with Crippen LogP contribution in [0.15, 0.2) is 58.1 Å². The molecule has 3 rings (SSSR count). The van der Waals surface area contributed by atoms with Crippen molar-refractivity contribution < 1.29 is 4.79 Å². The molecule has 0 unspecified atom stereocenters. The van der Waals surface area contributed by atoms with Crippen molar-refractivity contribution in [3.8, 4) is 5.69 Å². The van der Waals surface area contributed by atoms with E-state index in [-0.39, 0.29) is 18.2 Å². The Hall–Kier alpha value is -4.45. The van der Waals surface area contributed by atoms with Crippen LogP contribution in [0, 0.1) is 5.41 Å². The minimum Gasteiger partial charge on any atom is -0.399 e. The summed E-state index contributed by atoms with van der Waals surface area (Å²) in [5, 5.41) is 16.1. The van der Waals surface area contributed by atoms with E-state index in [2.05, 4.69) is 15.8 Å². The highest BCUT2D eigenvalue weighted by molar-refractivity contribution is 5.94. The van der Waals surface area contributed by atoms with Crippen LogP contribution in [0.4, 0.5) is 11.5 Å². The topological polar surface area (TPSA) is 177 Å². The predicted octanol–water partition coefficient (Wildman–Crippen LogP) is 0.246. The normalized spacial score (nSPS) is 10.8. The molecule has 0 fully saturated rings. The van der Waals surface area contributed by atoms with E-state index >= 15 is 0 Å². The second-order valence-electron chi connectivity index (χ2n) is 7.70. The van der Waals surface area contributed by atoms with Gasteiger partial charge in [-0.1, -0.05) is 44.2 Å². The summed E-state index contributed by atoms with van der Waals surface area (Å²) in [6, 6.07) is 13.3. The molecule has 0 radical (unpaired) electrons. The summed E-state index contributed by atoms with van der Waals surface area (Å²) in [7, 11) is 0. The highest BCUT2D eigenvalue weighted by Gasteiger charge is 2.18. The maximum absolute atomic E-state index is 13.2. The summed E-state index contributed by atoms with van der Waals surface area (Å²) >= 11 is 0. The summed E-state index contributed by atoms with van der Waals surface area (Å²) in [5.74, 6) is -0.675. The van der Waals surface area contributed by atoms with E-state index in [1.54, 1.807) is 53.5 Å². The van der Waals surface area contributed by atoms with Gasteiger partial charge in [-0.05, 0) is 23.8 Å². The number of anilines is 2. The molecule has 12 nitrogen and oxygen atoms in total. The molecular weight excluding hydrogens is 450 g/mol. The van der Waals surface area contributed by atoms with E-state index in [0.717, 1.165) is 14.8 Å². The number of nitrogen functional groups attached to an aromatic ring is 2. The molecule has 1 amide bonds. The van der Waals surface area contributed by atoms with Crippen LogP contribution in [-0.4, -0.2) is 44.2 Å². The fourth-order valence-corrected chi connectivity index (χ4v) is 3.28. The van der Waals surface area contributed by atoms with Gasteiger partial charge in [-0.3, -0.25) is 20.4 Å². The van der Waals surface area contributed by atoms with Crippen LogP contribution in [0.2, 0.25) is 0 Å². The molecule has 1 heterocycles. The van der Waals surface area contributed by atoms with Crippen LogP contribution in [0.5, 0.6) is 0 Å². The first-order valence-electron chi connectivity index (χ1n) is 11.0. The first-order valence-corrected chi connectivity index (χ1v) is 11.0. The van der Waals surface area contributed by atoms with Crippen molar-refractivity contribution in [2.45, 2.75) is 26.9 Å². The smallest absolute Gasteiger partial charge is 0.352 e. The van der Waals surface area contributed by atoms with Gasteiger partial charge in [0.1, 0.15) is 12.4 Å². The fraction of sp³-hybridized carbons (Fsp3) is 0.261. The van der Waals surface area contributed by atoms with Gasteiger partial charge >= 0.3 is 11.2 Å². The lowest BCUT2D eigenvalue weighted by Gasteiger charge is -2.20. The van der Waals surface area contributed by atoms with Gasteiger partial charge < -0.3 is 16.8 Å². The maximum Gasteiger partial charge on any atom is 0.352 e. The number of hydrogen-bond donors (Lipinski definition) is 5. The average molecular weight is 480 g/mol. The van der Waals surface area contributed by atoms with E-state index in [9.17, 15) is 14.4 Å². The first kappa shape index (κ1) is 25.2. The molecule has 0 aliphatic heterocycles. The maximum atomic E-state index is 13.2. The molecule has 0 saturated carbocycles. The summed E-state index contributed by atoms with van der Waals surface area (Å²) in [6.45, 7) is 4.64. The van der Waals surface area contributed by atoms with Gasteiger partial charge in [0.25, 0.3) is 0 Å². The molecule has 184 valence electrons. The molecule has 0 bridgehead atoms. The molecule has 0 spiro atoms. The lowest BCUT2D eigenvalue weighted by atomic mass is 10.1. The minimum atomic E-state index is -0.772. The van der Waals surface area contributed by atoms with Gasteiger partial charge in [0.05, 0.1) is 5.69 Å². The third kappa shape index (κ3) is 6.12. The van der Waals surface area contributed by atoms with Crippen molar-refractivity contribution >= 4 is 23.2 Å². The van der Waals surface area contributed by atoms with Gasteiger partial charge in [0.2, 0.25) is 11.7 Å². The molecule has 0 atom stereocenters. The van der Waals surface area contributed by atoms with Crippen LogP contribution in [0.25, 0.3) is 5.69 Å². The third-order valence-electron chi connectivity index (χ3n) is 5.26. The Bertz CT molecular complexity index is 1330. The predicted molar refractivity (Wildman–Crippen MR) is 134 cm³/mol. The van der Waals surface area contributed by atoms with E-state index in [0.29, 0.717) is 30.0 Å². The summed E-state index contributed by atoms with van der Waals surface area (Å²) in [4.78, 5) is 38.9. The van der Waals surface area contributed by atoms with Crippen LogP contribution in [0.3, 0.4) is 0 Å². The summed E-state index contributed by atoms with van der Waals surface area (Å²) in [6.07, 6.45) is 0. The van der Waals surface area contributed by atoms with Crippen molar-refractivity contribution in [3.05, 3.63) is 80.5 Å². The second kappa shape index (κ2) is 11.1. The number of aromatic nitrogens is 3. The van der Waals surface area contributed by atoms with Crippen LogP contribution in [0.1, 0.15) is 25.0 Å². The van der Waals surface area contributed by atoms with Crippen molar-refractivity contribution in [2.75, 3.05) is 24.2 Å². The van der Waals surface area contributed by atoms with Gasteiger partial charge in [-0.15, -0.1) is 5.10 Å². The Balaban J connectivity index is 1.91. The molecule has 0 saturated heterocycles. The van der Waals surface area contributed by atoms with Gasteiger partial charge in [0.15, 0.2) is 0 Å². The van der Waals surface area contributed by atoms with Crippen LogP contribution in [-0.2, 0) is 17.9 Å². The third-order valence-corrected chi connectivity index (χ3v) is 5.26. The number of nitrogens with two attached hydrogens (primary N) is 2. The number of nitrogens with one attached hydrogen (secondary N) is 3. The molecule has 35 heavy (non-hydrogen) atoms. The Morgan fingerprint density at radius 3 is 2.40 bits per heavy atom. The first-order chi connectivity index (χ1) is 16.7. The fourth-order valence-electron chi connectivity index (χ4n) is 3.28. The zero-order valence-electron chi connectivity index (χ0n) is 19.6. The van der Waals surface area contributed by atoms with Crippen LogP contribution >= 0.6 is 0 Å². The highest BCUT2D eigenvalue weighted by atomic mass is 16.2. The number of nitrogens with zero attached hydrogens (tertiary/aromatic N) is 4. The standard InChI is InChI=1S/C23H29N9O3/c1-3-30(4-2)28-21-22(34)31(23(35)32(29-21)18-7-5-6-17(24)12-18)14-19(33)27-13-15-8-10-16(11-9-15)20(25)26/h5-12H,3-4,13-14,24H2,1-2H3,(H3,25,26)(H,27,33)(H,28,29). The lowest BCUT2D eigenvalue weighted by Crippen LogP contribution is -2.46. The van der Waals surface area contributed by atoms with Crippen molar-refractivity contribution in [1.82, 2.24) is 24.7 Å². The molecule has 1 aromatic heterocycles. The van der Waals surface area contributed by atoms with E-state index in [4.69, 9.17) is 16.9 Å². The van der Waals surface area contributed by atoms with Crippen molar-refractivity contribution in [3.63, 3.8) is 0 Å². The molecule has 0 aliphatic carbocycles. The highest BCUT2D eigenvalue weighted by Crippen LogP contribution is 2.10. The Kier molecular flexibility index (Phi) is 8.00.